The van der Waals surface area contributed by atoms with E-state index >= 15 is 0 Å². The molecule has 1 aromatic carbocycles. The first-order chi connectivity index (χ1) is 11.1. The number of hydrazone groups is 1. The highest BCUT2D eigenvalue weighted by Crippen LogP contribution is 2.30. The Balaban J connectivity index is 2.19. The lowest BCUT2D eigenvalue weighted by molar-refractivity contribution is 0.415. The third-order valence-electron chi connectivity index (χ3n) is 2.89. The zero-order chi connectivity index (χ0) is 16.7. The molecule has 1 heterocycles. The second-order valence-electron chi connectivity index (χ2n) is 4.49. The molecule has 0 saturated carbocycles. The van der Waals surface area contributed by atoms with Gasteiger partial charge in [-0.25, -0.2) is 15.0 Å². The van der Waals surface area contributed by atoms with Gasteiger partial charge in [-0.1, -0.05) is 17.7 Å². The molecule has 0 saturated heterocycles. The van der Waals surface area contributed by atoms with Gasteiger partial charge in [0, 0.05) is 36.6 Å². The minimum atomic E-state index is 0.378. The fourth-order valence-corrected chi connectivity index (χ4v) is 1.97. The van der Waals surface area contributed by atoms with E-state index in [0.717, 1.165) is 16.8 Å². The molecule has 0 atom stereocenters. The molecule has 2 rings (SSSR count). The summed E-state index contributed by atoms with van der Waals surface area (Å²) >= 11 is 6.02. The average molecular weight is 330 g/mol. The van der Waals surface area contributed by atoms with Gasteiger partial charge >= 0.3 is 0 Å². The van der Waals surface area contributed by atoms with E-state index in [0.29, 0.717) is 16.7 Å². The number of rotatable bonds is 6. The summed E-state index contributed by atoms with van der Waals surface area (Å²) in [6.45, 7) is 5.14. The number of nitrogens with zero attached hydrogens (tertiary/aromatic N) is 4. The third-order valence-corrected chi connectivity index (χ3v) is 3.20. The summed E-state index contributed by atoms with van der Waals surface area (Å²) in [5, 5.41) is 4.05. The molecule has 7 heteroatoms. The van der Waals surface area contributed by atoms with E-state index in [2.05, 4.69) is 32.2 Å². The standard InChI is InChI=1S/C16H16ClN5O/c1-11(6-7-21-18-2)22-16-19-9-13(10-20-16)12-4-5-14(17)15(8-12)23-3/h4-10,21H,2H2,1,3H3. The van der Waals surface area contributed by atoms with Gasteiger partial charge in [0.25, 0.3) is 0 Å². The van der Waals surface area contributed by atoms with Gasteiger partial charge in [0.1, 0.15) is 5.75 Å². The Morgan fingerprint density at radius 3 is 2.70 bits per heavy atom. The van der Waals surface area contributed by atoms with Crippen molar-refractivity contribution in [3.8, 4) is 16.9 Å². The van der Waals surface area contributed by atoms with E-state index in [9.17, 15) is 0 Å². The summed E-state index contributed by atoms with van der Waals surface area (Å²) in [5.74, 6) is 0.985. The maximum atomic E-state index is 6.02. The Hall–Kier alpha value is -2.73. The number of aromatic nitrogens is 2. The van der Waals surface area contributed by atoms with Crippen LogP contribution in [0.4, 0.5) is 5.95 Å². The van der Waals surface area contributed by atoms with Crippen LogP contribution >= 0.6 is 11.6 Å². The van der Waals surface area contributed by atoms with E-state index < -0.39 is 0 Å². The van der Waals surface area contributed by atoms with Crippen LogP contribution in [0.3, 0.4) is 0 Å². The van der Waals surface area contributed by atoms with Crippen LogP contribution in [-0.2, 0) is 0 Å². The van der Waals surface area contributed by atoms with Crippen molar-refractivity contribution >= 4 is 30.0 Å². The average Bonchev–Trinajstić information content (AvgIpc) is 2.56. The van der Waals surface area contributed by atoms with Gasteiger partial charge in [-0.3, -0.25) is 5.43 Å². The predicted molar refractivity (Wildman–Crippen MR) is 93.6 cm³/mol. The number of halogens is 1. The highest BCUT2D eigenvalue weighted by Gasteiger charge is 2.05. The lowest BCUT2D eigenvalue weighted by Crippen LogP contribution is -1.94. The molecule has 23 heavy (non-hydrogen) atoms. The molecule has 0 aliphatic rings. The van der Waals surface area contributed by atoms with Crippen LogP contribution in [0, 0.1) is 0 Å². The molecule has 0 amide bonds. The van der Waals surface area contributed by atoms with E-state index in [4.69, 9.17) is 16.3 Å². The van der Waals surface area contributed by atoms with Crippen LogP contribution in [0.5, 0.6) is 5.75 Å². The van der Waals surface area contributed by atoms with Crippen LogP contribution in [0.1, 0.15) is 6.92 Å². The highest BCUT2D eigenvalue weighted by atomic mass is 35.5. The van der Waals surface area contributed by atoms with E-state index in [1.54, 1.807) is 37.8 Å². The predicted octanol–water partition coefficient (Wildman–Crippen LogP) is 3.62. The van der Waals surface area contributed by atoms with Crippen molar-refractivity contribution in [2.45, 2.75) is 6.92 Å². The molecule has 0 aliphatic heterocycles. The summed E-state index contributed by atoms with van der Waals surface area (Å²) < 4.78 is 5.21. The molecule has 0 bridgehead atoms. The van der Waals surface area contributed by atoms with Gasteiger partial charge in [-0.05, 0) is 30.7 Å². The minimum absolute atomic E-state index is 0.378. The Morgan fingerprint density at radius 1 is 1.30 bits per heavy atom. The smallest absolute Gasteiger partial charge is 0.249 e. The van der Waals surface area contributed by atoms with E-state index in [1.165, 1.54) is 0 Å². The topological polar surface area (TPSA) is 71.8 Å². The van der Waals surface area contributed by atoms with Crippen LogP contribution in [0.25, 0.3) is 11.1 Å². The molecule has 1 aromatic heterocycles. The van der Waals surface area contributed by atoms with Crippen LogP contribution in [0.2, 0.25) is 5.02 Å². The van der Waals surface area contributed by atoms with Gasteiger partial charge in [-0.15, -0.1) is 0 Å². The van der Waals surface area contributed by atoms with Crippen molar-refractivity contribution in [1.29, 1.82) is 0 Å². The number of aliphatic imine (C=N–C) groups is 1. The van der Waals surface area contributed by atoms with Crippen molar-refractivity contribution in [1.82, 2.24) is 15.4 Å². The van der Waals surface area contributed by atoms with Gasteiger partial charge in [-0.2, -0.15) is 5.10 Å². The summed E-state index contributed by atoms with van der Waals surface area (Å²) in [4.78, 5) is 12.8. The number of hydrogen-bond acceptors (Lipinski definition) is 6. The third kappa shape index (κ3) is 4.62. The minimum Gasteiger partial charge on any atom is -0.495 e. The largest absolute Gasteiger partial charge is 0.495 e. The molecule has 1 N–H and O–H groups in total. The molecule has 6 nitrogen and oxygen atoms in total. The maximum absolute atomic E-state index is 6.02. The van der Waals surface area contributed by atoms with Crippen LogP contribution in [0.15, 0.2) is 53.0 Å². The number of hydrogen-bond donors (Lipinski definition) is 1. The maximum Gasteiger partial charge on any atom is 0.249 e. The SMILES string of the molecule is C=NNC=CC(C)=Nc1ncc(-c2ccc(Cl)c(OC)c2)cn1. The summed E-state index contributed by atoms with van der Waals surface area (Å²) in [6, 6.07) is 5.50. The molecule has 0 radical (unpaired) electrons. The zero-order valence-electron chi connectivity index (χ0n) is 12.8. The van der Waals surface area contributed by atoms with E-state index in [1.807, 2.05) is 19.1 Å². The molecule has 118 valence electrons. The lowest BCUT2D eigenvalue weighted by Gasteiger charge is -2.06. The second-order valence-corrected chi connectivity index (χ2v) is 4.90. The fraction of sp³-hybridized carbons (Fsp3) is 0.125. The number of methoxy groups -OCH3 is 1. The molecule has 2 aromatic rings. The molecular weight excluding hydrogens is 314 g/mol. The van der Waals surface area contributed by atoms with Crippen molar-refractivity contribution in [3.05, 3.63) is 47.9 Å². The van der Waals surface area contributed by atoms with Gasteiger partial charge < -0.3 is 4.74 Å². The van der Waals surface area contributed by atoms with Crippen LogP contribution in [-0.4, -0.2) is 29.5 Å². The number of nitrogens with one attached hydrogen (secondary N) is 1. The Kier molecular flexibility index (Phi) is 5.82. The van der Waals surface area contributed by atoms with Crippen molar-refractivity contribution in [2.24, 2.45) is 10.1 Å². The number of benzene rings is 1. The summed E-state index contributed by atoms with van der Waals surface area (Å²) in [6.07, 6.45) is 6.78. The second kappa shape index (κ2) is 8.05. The highest BCUT2D eigenvalue weighted by molar-refractivity contribution is 6.32. The monoisotopic (exact) mass is 329 g/mol. The Labute approximate surface area is 139 Å². The summed E-state index contributed by atoms with van der Waals surface area (Å²) in [7, 11) is 1.58. The summed E-state index contributed by atoms with van der Waals surface area (Å²) in [5.41, 5.74) is 5.11. The number of allylic oxidation sites excluding steroid dienone is 1. The van der Waals surface area contributed by atoms with Gasteiger partial charge in [0.05, 0.1) is 12.1 Å². The molecular formula is C16H16ClN5O. The normalized spacial score (nSPS) is 11.5. The van der Waals surface area contributed by atoms with Gasteiger partial charge in [0.15, 0.2) is 0 Å². The van der Waals surface area contributed by atoms with Crippen LogP contribution < -0.4 is 10.2 Å². The quantitative estimate of drug-likeness (QED) is 0.649. The fourth-order valence-electron chi connectivity index (χ4n) is 1.77. The molecule has 0 unspecified atom stereocenters. The first-order valence-corrected chi connectivity index (χ1v) is 7.11. The van der Waals surface area contributed by atoms with Crippen molar-refractivity contribution in [2.75, 3.05) is 7.11 Å². The Bertz CT molecular complexity index is 741. The molecule has 0 spiro atoms. The first-order valence-electron chi connectivity index (χ1n) is 6.73. The molecule has 0 fully saturated rings. The van der Waals surface area contributed by atoms with Crippen molar-refractivity contribution < 1.29 is 4.74 Å². The van der Waals surface area contributed by atoms with Gasteiger partial charge in [0.2, 0.25) is 5.95 Å². The first kappa shape index (κ1) is 16.6. The zero-order valence-corrected chi connectivity index (χ0v) is 13.6. The Morgan fingerprint density at radius 2 is 2.04 bits per heavy atom. The molecule has 0 aliphatic carbocycles. The van der Waals surface area contributed by atoms with E-state index in [-0.39, 0.29) is 0 Å². The van der Waals surface area contributed by atoms with Crippen molar-refractivity contribution in [3.63, 3.8) is 0 Å². The lowest BCUT2D eigenvalue weighted by atomic mass is 10.1. The number of ether oxygens (including phenoxy) is 1.